The summed E-state index contributed by atoms with van der Waals surface area (Å²) < 4.78 is 40.1. The molecule has 140 valence electrons. The maximum Gasteiger partial charge on any atom is 0.451 e. The van der Waals surface area contributed by atoms with Crippen molar-refractivity contribution in [1.82, 2.24) is 24.6 Å². The van der Waals surface area contributed by atoms with Gasteiger partial charge >= 0.3 is 6.18 Å². The minimum Gasteiger partial charge on any atom is -0.294 e. The average molecular weight is 373 g/mol. The van der Waals surface area contributed by atoms with Crippen molar-refractivity contribution < 1.29 is 13.2 Å². The number of rotatable bonds is 3. The second kappa shape index (κ2) is 6.77. The molecule has 0 atom stereocenters. The summed E-state index contributed by atoms with van der Waals surface area (Å²) >= 11 is 0. The van der Waals surface area contributed by atoms with Gasteiger partial charge < -0.3 is 0 Å². The molecule has 0 spiro atoms. The molecular formula is C19H18F3N5. The third kappa shape index (κ3) is 3.71. The van der Waals surface area contributed by atoms with Crippen LogP contribution in [-0.2, 0) is 25.7 Å². The van der Waals surface area contributed by atoms with E-state index in [1.165, 1.54) is 6.20 Å². The van der Waals surface area contributed by atoms with Crippen molar-refractivity contribution in [2.24, 2.45) is 0 Å². The second-order valence-corrected chi connectivity index (χ2v) is 6.64. The van der Waals surface area contributed by atoms with Gasteiger partial charge in [0.1, 0.15) is 0 Å². The van der Waals surface area contributed by atoms with Crippen molar-refractivity contribution in [3.8, 4) is 5.69 Å². The minimum atomic E-state index is -4.50. The first-order valence-electron chi connectivity index (χ1n) is 8.65. The summed E-state index contributed by atoms with van der Waals surface area (Å²) in [6, 6.07) is 9.86. The second-order valence-electron chi connectivity index (χ2n) is 6.64. The highest BCUT2D eigenvalue weighted by atomic mass is 19.4. The molecule has 1 aromatic carbocycles. The van der Waals surface area contributed by atoms with Crippen LogP contribution in [-0.4, -0.2) is 31.2 Å². The van der Waals surface area contributed by atoms with Crippen molar-refractivity contribution in [1.29, 1.82) is 0 Å². The lowest BCUT2D eigenvalue weighted by Gasteiger charge is -2.27. The van der Waals surface area contributed by atoms with Crippen LogP contribution in [0.4, 0.5) is 13.2 Å². The molecule has 0 amide bonds. The summed E-state index contributed by atoms with van der Waals surface area (Å²) in [6.07, 6.45) is -0.719. The normalized spacial score (nSPS) is 15.0. The summed E-state index contributed by atoms with van der Waals surface area (Å²) in [4.78, 5) is 9.37. The Hall–Kier alpha value is -2.74. The summed E-state index contributed by atoms with van der Waals surface area (Å²) in [5.74, 6) is -1.06. The number of hydrogen-bond donors (Lipinski definition) is 0. The Morgan fingerprint density at radius 2 is 1.93 bits per heavy atom. The fourth-order valence-corrected chi connectivity index (χ4v) is 3.25. The molecule has 3 heterocycles. The van der Waals surface area contributed by atoms with Gasteiger partial charge in [0.2, 0.25) is 5.82 Å². The Bertz CT molecular complexity index is 950. The van der Waals surface area contributed by atoms with Crippen molar-refractivity contribution >= 4 is 0 Å². The van der Waals surface area contributed by atoms with E-state index in [0.717, 1.165) is 22.5 Å². The Labute approximate surface area is 154 Å². The maximum atomic E-state index is 12.8. The lowest BCUT2D eigenvalue weighted by Crippen LogP contribution is -2.31. The quantitative estimate of drug-likeness (QED) is 0.705. The standard InChI is InChI=1S/C19H18F3N5/c1-13-15(12-27(25-13)16-5-3-2-4-6-16)11-26-8-7-17-14(10-26)9-23-18(24-17)19(20,21)22/h2-6,9,12H,7-8,10-11H2,1H3. The molecule has 0 aliphatic carbocycles. The molecule has 5 nitrogen and oxygen atoms in total. The van der Waals surface area contributed by atoms with E-state index < -0.39 is 12.0 Å². The Morgan fingerprint density at radius 3 is 2.67 bits per heavy atom. The molecule has 0 unspecified atom stereocenters. The minimum absolute atomic E-state index is 0.479. The molecule has 1 aliphatic heterocycles. The number of hydrogen-bond acceptors (Lipinski definition) is 4. The zero-order valence-electron chi connectivity index (χ0n) is 14.7. The molecule has 2 aromatic heterocycles. The Kier molecular flexibility index (Phi) is 4.43. The molecule has 8 heteroatoms. The fourth-order valence-electron chi connectivity index (χ4n) is 3.25. The van der Waals surface area contributed by atoms with Crippen LogP contribution in [0, 0.1) is 6.92 Å². The number of fused-ring (bicyclic) bond motifs is 1. The van der Waals surface area contributed by atoms with Gasteiger partial charge in [0.25, 0.3) is 0 Å². The average Bonchev–Trinajstić information content (AvgIpc) is 3.02. The van der Waals surface area contributed by atoms with Crippen molar-refractivity contribution in [3.63, 3.8) is 0 Å². The number of alkyl halides is 3. The first-order chi connectivity index (χ1) is 12.9. The van der Waals surface area contributed by atoms with Crippen molar-refractivity contribution in [2.75, 3.05) is 6.54 Å². The SMILES string of the molecule is Cc1nn(-c2ccccc2)cc1CN1CCc2nc(C(F)(F)F)ncc2C1. The highest BCUT2D eigenvalue weighted by Gasteiger charge is 2.35. The number of benzene rings is 1. The van der Waals surface area contributed by atoms with E-state index in [1.54, 1.807) is 0 Å². The summed E-state index contributed by atoms with van der Waals surface area (Å²) in [5, 5.41) is 4.57. The van der Waals surface area contributed by atoms with E-state index in [4.69, 9.17) is 0 Å². The highest BCUT2D eigenvalue weighted by molar-refractivity contribution is 5.32. The largest absolute Gasteiger partial charge is 0.451 e. The third-order valence-corrected chi connectivity index (χ3v) is 4.68. The van der Waals surface area contributed by atoms with Crippen LogP contribution in [0.5, 0.6) is 0 Å². The zero-order chi connectivity index (χ0) is 19.0. The molecule has 0 radical (unpaired) electrons. The molecule has 3 aromatic rings. The molecule has 0 bridgehead atoms. The smallest absolute Gasteiger partial charge is 0.294 e. The van der Waals surface area contributed by atoms with Crippen LogP contribution in [0.15, 0.2) is 42.7 Å². The van der Waals surface area contributed by atoms with Gasteiger partial charge in [-0.1, -0.05) is 18.2 Å². The van der Waals surface area contributed by atoms with E-state index in [2.05, 4.69) is 20.0 Å². The Balaban J connectivity index is 1.50. The van der Waals surface area contributed by atoms with E-state index in [9.17, 15) is 13.2 Å². The Morgan fingerprint density at radius 1 is 1.15 bits per heavy atom. The van der Waals surface area contributed by atoms with Gasteiger partial charge in [-0.3, -0.25) is 4.90 Å². The van der Waals surface area contributed by atoms with Gasteiger partial charge in [0.05, 0.1) is 17.1 Å². The summed E-state index contributed by atoms with van der Waals surface area (Å²) in [6.45, 7) is 3.82. The highest BCUT2D eigenvalue weighted by Crippen LogP contribution is 2.28. The number of para-hydroxylation sites is 1. The summed E-state index contributed by atoms with van der Waals surface area (Å²) in [5.41, 5.74) is 4.26. The molecule has 4 rings (SSSR count). The summed E-state index contributed by atoms with van der Waals surface area (Å²) in [7, 11) is 0. The van der Waals surface area contributed by atoms with Crippen LogP contribution < -0.4 is 0 Å². The molecular weight excluding hydrogens is 355 g/mol. The van der Waals surface area contributed by atoms with Gasteiger partial charge in [-0.2, -0.15) is 18.3 Å². The van der Waals surface area contributed by atoms with Crippen LogP contribution in [0.2, 0.25) is 0 Å². The van der Waals surface area contributed by atoms with E-state index >= 15 is 0 Å². The topological polar surface area (TPSA) is 46.8 Å². The number of nitrogens with zero attached hydrogens (tertiary/aromatic N) is 5. The molecule has 0 saturated heterocycles. The van der Waals surface area contributed by atoms with E-state index in [0.29, 0.717) is 31.7 Å². The third-order valence-electron chi connectivity index (χ3n) is 4.68. The van der Waals surface area contributed by atoms with Gasteiger partial charge in [0, 0.05) is 49.6 Å². The van der Waals surface area contributed by atoms with Crippen LogP contribution in [0.1, 0.15) is 28.3 Å². The van der Waals surface area contributed by atoms with Gasteiger partial charge in [0.15, 0.2) is 0 Å². The molecule has 27 heavy (non-hydrogen) atoms. The van der Waals surface area contributed by atoms with Crippen molar-refractivity contribution in [3.05, 3.63) is 71.1 Å². The molecule has 0 fully saturated rings. The van der Waals surface area contributed by atoms with E-state index in [-0.39, 0.29) is 0 Å². The predicted octanol–water partition coefficient (Wildman–Crippen LogP) is 3.55. The van der Waals surface area contributed by atoms with Crippen molar-refractivity contribution in [2.45, 2.75) is 32.6 Å². The first-order valence-corrected chi connectivity index (χ1v) is 8.65. The number of aryl methyl sites for hydroxylation is 1. The van der Waals surface area contributed by atoms with E-state index in [1.807, 2.05) is 48.1 Å². The lowest BCUT2D eigenvalue weighted by molar-refractivity contribution is -0.145. The molecule has 0 saturated carbocycles. The van der Waals surface area contributed by atoms with Crippen LogP contribution in [0.3, 0.4) is 0 Å². The number of aromatic nitrogens is 4. The van der Waals surface area contributed by atoms with Gasteiger partial charge in [-0.15, -0.1) is 0 Å². The monoisotopic (exact) mass is 373 g/mol. The maximum absolute atomic E-state index is 12.8. The van der Waals surface area contributed by atoms with Crippen LogP contribution in [0.25, 0.3) is 5.69 Å². The molecule has 0 N–H and O–H groups in total. The number of halogens is 3. The van der Waals surface area contributed by atoms with Gasteiger partial charge in [-0.05, 0) is 19.1 Å². The predicted molar refractivity (Wildman–Crippen MR) is 93.2 cm³/mol. The first kappa shape index (κ1) is 17.7. The fraction of sp³-hybridized carbons (Fsp3) is 0.316. The zero-order valence-corrected chi connectivity index (χ0v) is 14.7. The molecule has 1 aliphatic rings. The lowest BCUT2D eigenvalue weighted by atomic mass is 10.1. The van der Waals surface area contributed by atoms with Gasteiger partial charge in [-0.25, -0.2) is 14.6 Å². The van der Waals surface area contributed by atoms with Crippen LogP contribution >= 0.6 is 0 Å².